The van der Waals surface area contributed by atoms with E-state index >= 15 is 0 Å². The smallest absolute Gasteiger partial charge is 0.330 e. The van der Waals surface area contributed by atoms with Crippen LogP contribution in [0.5, 0.6) is 0 Å². The number of ether oxygens (including phenoxy) is 1. The van der Waals surface area contributed by atoms with E-state index in [0.717, 1.165) is 43.0 Å². The normalized spacial score (nSPS) is 14.0. The number of aromatic nitrogens is 1. The average Bonchev–Trinajstić information content (AvgIpc) is 3.34. The molecule has 37 heavy (non-hydrogen) atoms. The van der Waals surface area contributed by atoms with Gasteiger partial charge in [0.1, 0.15) is 0 Å². The third-order valence-electron chi connectivity index (χ3n) is 5.79. The fourth-order valence-corrected chi connectivity index (χ4v) is 4.76. The third kappa shape index (κ3) is 8.80. The summed E-state index contributed by atoms with van der Waals surface area (Å²) in [5.74, 6) is -1.88. The number of thiazole rings is 1. The molecule has 0 aliphatic carbocycles. The molecule has 198 valence electrons. The van der Waals surface area contributed by atoms with Crippen molar-refractivity contribution in [3.63, 3.8) is 0 Å². The van der Waals surface area contributed by atoms with Gasteiger partial charge >= 0.3 is 11.9 Å². The Morgan fingerprint density at radius 2 is 1.84 bits per heavy atom. The van der Waals surface area contributed by atoms with Crippen molar-refractivity contribution in [2.24, 2.45) is 0 Å². The molecule has 0 unspecified atom stereocenters. The van der Waals surface area contributed by atoms with Crippen LogP contribution < -0.4 is 5.32 Å². The van der Waals surface area contributed by atoms with Gasteiger partial charge in [0.15, 0.2) is 5.01 Å². The van der Waals surface area contributed by atoms with Gasteiger partial charge in [0, 0.05) is 44.2 Å². The minimum atomic E-state index is -0.782. The van der Waals surface area contributed by atoms with E-state index in [9.17, 15) is 19.2 Å². The molecule has 1 aromatic heterocycles. The Morgan fingerprint density at radius 1 is 1.11 bits per heavy atom. The molecule has 0 spiro atoms. The van der Waals surface area contributed by atoms with Gasteiger partial charge in [0.25, 0.3) is 5.91 Å². The van der Waals surface area contributed by atoms with Crippen LogP contribution in [0.1, 0.15) is 40.9 Å². The van der Waals surface area contributed by atoms with E-state index in [4.69, 9.17) is 9.84 Å². The quantitative estimate of drug-likeness (QED) is 0.244. The zero-order valence-electron chi connectivity index (χ0n) is 20.9. The van der Waals surface area contributed by atoms with Crippen LogP contribution in [0.25, 0.3) is 17.3 Å². The molecule has 10 nitrogen and oxygen atoms in total. The highest BCUT2D eigenvalue weighted by Gasteiger charge is 2.22. The maximum absolute atomic E-state index is 12.8. The minimum absolute atomic E-state index is 0.133. The summed E-state index contributed by atoms with van der Waals surface area (Å²) in [7, 11) is 0. The Bertz CT molecular complexity index is 1110. The van der Waals surface area contributed by atoms with Crippen LogP contribution in [0.15, 0.2) is 36.4 Å². The van der Waals surface area contributed by atoms with E-state index in [1.54, 1.807) is 17.9 Å². The Morgan fingerprint density at radius 3 is 2.51 bits per heavy atom. The van der Waals surface area contributed by atoms with Gasteiger partial charge in [-0.25, -0.2) is 9.78 Å². The molecule has 2 amide bonds. The number of aliphatic carboxylic acids is 1. The van der Waals surface area contributed by atoms with Crippen molar-refractivity contribution in [2.45, 2.75) is 26.2 Å². The van der Waals surface area contributed by atoms with E-state index in [1.807, 2.05) is 30.3 Å². The number of hydrogen-bond donors (Lipinski definition) is 2. The Kier molecular flexibility index (Phi) is 10.8. The number of carbonyl (C=O) groups is 4. The molecule has 1 fully saturated rings. The summed E-state index contributed by atoms with van der Waals surface area (Å²) >= 11 is 1.14. The van der Waals surface area contributed by atoms with Crippen molar-refractivity contribution >= 4 is 41.2 Å². The SMILES string of the molecule is CCOC(=O)/C=C/c1sc(C(=O)NCC(=O)N2CCN(CCCCC(=O)O)CC2)nc1-c1ccccc1. The van der Waals surface area contributed by atoms with Crippen LogP contribution in [-0.4, -0.2) is 89.5 Å². The fraction of sp³-hybridized carbons (Fsp3) is 0.423. The number of rotatable bonds is 12. The Balaban J connectivity index is 1.54. The van der Waals surface area contributed by atoms with Gasteiger partial charge in [-0.3, -0.25) is 19.3 Å². The lowest BCUT2D eigenvalue weighted by Crippen LogP contribution is -2.51. The first kappa shape index (κ1) is 28.0. The predicted octanol–water partition coefficient (Wildman–Crippen LogP) is 2.52. The number of carboxylic acid groups (broad SMARTS) is 1. The van der Waals surface area contributed by atoms with E-state index in [2.05, 4.69) is 15.2 Å². The number of nitrogens with zero attached hydrogens (tertiary/aromatic N) is 3. The second-order valence-corrected chi connectivity index (χ2v) is 9.47. The summed E-state index contributed by atoms with van der Waals surface area (Å²) in [5.41, 5.74) is 1.38. The zero-order chi connectivity index (χ0) is 26.6. The van der Waals surface area contributed by atoms with Crippen molar-refractivity contribution in [2.75, 3.05) is 45.9 Å². The third-order valence-corrected chi connectivity index (χ3v) is 6.81. The molecule has 3 rings (SSSR count). The van der Waals surface area contributed by atoms with Crippen LogP contribution in [0, 0.1) is 0 Å². The molecule has 1 aliphatic heterocycles. The molecule has 2 N–H and O–H groups in total. The summed E-state index contributed by atoms with van der Waals surface area (Å²) in [5, 5.41) is 11.6. The average molecular weight is 529 g/mol. The van der Waals surface area contributed by atoms with Crippen LogP contribution >= 0.6 is 11.3 Å². The highest BCUT2D eigenvalue weighted by molar-refractivity contribution is 7.15. The van der Waals surface area contributed by atoms with Crippen molar-refractivity contribution in [3.8, 4) is 11.3 Å². The molecule has 0 radical (unpaired) electrons. The summed E-state index contributed by atoms with van der Waals surface area (Å²) in [6.45, 7) is 5.23. The molecule has 2 heterocycles. The molecule has 1 aliphatic rings. The summed E-state index contributed by atoms with van der Waals surface area (Å²) in [6, 6.07) is 9.34. The molecular weight excluding hydrogens is 496 g/mol. The molecule has 11 heteroatoms. The number of nitrogens with one attached hydrogen (secondary N) is 1. The predicted molar refractivity (Wildman–Crippen MR) is 140 cm³/mol. The molecule has 0 saturated carbocycles. The van der Waals surface area contributed by atoms with Crippen LogP contribution in [0.3, 0.4) is 0 Å². The first-order valence-corrected chi connectivity index (χ1v) is 13.1. The summed E-state index contributed by atoms with van der Waals surface area (Å²) in [4.78, 5) is 56.9. The maximum Gasteiger partial charge on any atom is 0.330 e. The number of hydrogen-bond acceptors (Lipinski definition) is 8. The number of carboxylic acids is 1. The minimum Gasteiger partial charge on any atom is -0.481 e. The van der Waals surface area contributed by atoms with E-state index in [1.165, 1.54) is 6.08 Å². The lowest BCUT2D eigenvalue weighted by Gasteiger charge is -2.34. The number of benzene rings is 1. The van der Waals surface area contributed by atoms with Crippen molar-refractivity contribution < 1.29 is 29.0 Å². The van der Waals surface area contributed by atoms with Crippen LogP contribution in [0.2, 0.25) is 0 Å². The molecule has 0 bridgehead atoms. The van der Waals surface area contributed by atoms with Crippen LogP contribution in [-0.2, 0) is 19.1 Å². The van der Waals surface area contributed by atoms with Gasteiger partial charge in [-0.2, -0.15) is 0 Å². The first-order valence-electron chi connectivity index (χ1n) is 12.3. The number of piperazine rings is 1. The van der Waals surface area contributed by atoms with Gasteiger partial charge in [0.2, 0.25) is 5.91 Å². The zero-order valence-corrected chi connectivity index (χ0v) is 21.7. The Labute approximate surface area is 219 Å². The van der Waals surface area contributed by atoms with Gasteiger partial charge in [0.05, 0.1) is 23.7 Å². The largest absolute Gasteiger partial charge is 0.481 e. The molecule has 1 saturated heterocycles. The highest BCUT2D eigenvalue weighted by atomic mass is 32.1. The van der Waals surface area contributed by atoms with Crippen molar-refractivity contribution in [1.82, 2.24) is 20.1 Å². The van der Waals surface area contributed by atoms with Crippen molar-refractivity contribution in [1.29, 1.82) is 0 Å². The molecule has 2 aromatic rings. The number of amides is 2. The standard InChI is InChI=1S/C26H32N4O6S/c1-2-36-23(34)12-11-20-24(19-8-4-3-5-9-19)28-26(37-20)25(35)27-18-21(31)30-16-14-29(15-17-30)13-7-6-10-22(32)33/h3-5,8-9,11-12H,2,6-7,10,13-18H2,1H3,(H,27,35)(H,32,33)/b12-11+. The van der Waals surface area contributed by atoms with Gasteiger partial charge in [-0.05, 0) is 32.4 Å². The van der Waals surface area contributed by atoms with Gasteiger partial charge in [-0.1, -0.05) is 30.3 Å². The fourth-order valence-electron chi connectivity index (χ4n) is 3.85. The lowest BCUT2D eigenvalue weighted by atomic mass is 10.1. The molecule has 0 atom stereocenters. The topological polar surface area (TPSA) is 129 Å². The van der Waals surface area contributed by atoms with Crippen LogP contribution in [0.4, 0.5) is 0 Å². The van der Waals surface area contributed by atoms with E-state index in [0.29, 0.717) is 30.1 Å². The second kappa shape index (κ2) is 14.2. The second-order valence-electron chi connectivity index (χ2n) is 8.44. The molecular formula is C26H32N4O6S. The molecule has 1 aromatic carbocycles. The monoisotopic (exact) mass is 528 g/mol. The van der Waals surface area contributed by atoms with Crippen molar-refractivity contribution in [3.05, 3.63) is 46.3 Å². The van der Waals surface area contributed by atoms with E-state index < -0.39 is 17.8 Å². The highest BCUT2D eigenvalue weighted by Crippen LogP contribution is 2.29. The number of carbonyl (C=O) groups excluding carboxylic acids is 3. The summed E-state index contributed by atoms with van der Waals surface area (Å²) in [6.07, 6.45) is 4.52. The maximum atomic E-state index is 12.8. The number of unbranched alkanes of at least 4 members (excludes halogenated alkanes) is 1. The number of esters is 1. The van der Waals surface area contributed by atoms with E-state index in [-0.39, 0.29) is 30.5 Å². The van der Waals surface area contributed by atoms with Gasteiger partial charge in [-0.15, -0.1) is 11.3 Å². The Hall–Kier alpha value is -3.57. The van der Waals surface area contributed by atoms with Gasteiger partial charge < -0.3 is 20.1 Å². The first-order chi connectivity index (χ1) is 17.9. The lowest BCUT2D eigenvalue weighted by molar-refractivity contribution is -0.138. The summed E-state index contributed by atoms with van der Waals surface area (Å²) < 4.78 is 4.94.